The van der Waals surface area contributed by atoms with Crippen LogP contribution in [0.15, 0.2) is 0 Å². The third-order valence-corrected chi connectivity index (χ3v) is 4.62. The van der Waals surface area contributed by atoms with Gasteiger partial charge in [-0.2, -0.15) is 15.0 Å². The molecule has 0 bridgehead atoms. The van der Waals surface area contributed by atoms with Gasteiger partial charge in [0.05, 0.1) is 18.6 Å². The van der Waals surface area contributed by atoms with E-state index in [0.717, 1.165) is 0 Å². The molecule has 1 fully saturated rings. The highest BCUT2D eigenvalue weighted by Crippen LogP contribution is 2.17. The molecule has 1 aliphatic heterocycles. The Kier molecular flexibility index (Phi) is 4.03. The van der Waals surface area contributed by atoms with Crippen LogP contribution < -0.4 is 15.4 Å². The van der Waals surface area contributed by atoms with Gasteiger partial charge in [0, 0.05) is 13.1 Å². The van der Waals surface area contributed by atoms with Gasteiger partial charge in [-0.05, 0) is 12.8 Å². The van der Waals surface area contributed by atoms with Gasteiger partial charge in [-0.15, -0.1) is 0 Å². The summed E-state index contributed by atoms with van der Waals surface area (Å²) in [6.45, 7) is 0. The molecule has 1 aromatic heterocycles. The Labute approximate surface area is 111 Å². The predicted molar refractivity (Wildman–Crippen MR) is 71.2 cm³/mol. The van der Waals surface area contributed by atoms with Crippen molar-refractivity contribution in [2.24, 2.45) is 0 Å². The number of ether oxygens (including phenoxy) is 1. The highest BCUT2D eigenvalue weighted by Gasteiger charge is 2.24. The van der Waals surface area contributed by atoms with Crippen molar-refractivity contribution < 1.29 is 13.2 Å². The van der Waals surface area contributed by atoms with Crippen molar-refractivity contribution in [1.29, 1.82) is 0 Å². The van der Waals surface area contributed by atoms with Crippen LogP contribution in [0.3, 0.4) is 0 Å². The lowest BCUT2D eigenvalue weighted by Crippen LogP contribution is -2.32. The molecule has 0 unspecified atom stereocenters. The third-order valence-electron chi connectivity index (χ3n) is 2.91. The van der Waals surface area contributed by atoms with Crippen molar-refractivity contribution in [3.8, 4) is 6.01 Å². The maximum atomic E-state index is 11.4. The molecule has 19 heavy (non-hydrogen) atoms. The van der Waals surface area contributed by atoms with E-state index in [1.807, 2.05) is 0 Å². The van der Waals surface area contributed by atoms with Crippen molar-refractivity contribution in [1.82, 2.24) is 15.0 Å². The van der Waals surface area contributed by atoms with Crippen LogP contribution in [0, 0.1) is 0 Å². The zero-order chi connectivity index (χ0) is 13.9. The summed E-state index contributed by atoms with van der Waals surface area (Å²) in [6, 6.07) is 0.269. The van der Waals surface area contributed by atoms with Crippen molar-refractivity contribution in [3.05, 3.63) is 0 Å². The molecule has 1 aliphatic rings. The second-order valence-electron chi connectivity index (χ2n) is 4.29. The summed E-state index contributed by atoms with van der Waals surface area (Å²) in [4.78, 5) is 12.2. The van der Waals surface area contributed by atoms with E-state index in [1.54, 1.807) is 7.05 Å². The average Bonchev–Trinajstić information content (AvgIpc) is 2.40. The number of rotatable bonds is 4. The van der Waals surface area contributed by atoms with Crippen LogP contribution in [0.5, 0.6) is 6.01 Å². The first kappa shape index (κ1) is 13.8. The Balaban J connectivity index is 2.07. The fourth-order valence-corrected chi connectivity index (χ4v) is 3.33. The molecule has 1 aromatic rings. The fraction of sp³-hybridized carbons (Fsp3) is 0.700. The standard InChI is InChI=1S/C10H17N5O3S/c1-11-8-13-9(15-10(14-8)18-2)12-7-3-5-19(16,17)6-4-7/h7H,3-6H2,1-2H3,(H2,11,12,13,14,15). The van der Waals surface area contributed by atoms with E-state index in [9.17, 15) is 8.42 Å². The number of nitrogens with one attached hydrogen (secondary N) is 2. The summed E-state index contributed by atoms with van der Waals surface area (Å²) < 4.78 is 27.7. The number of sulfone groups is 1. The summed E-state index contributed by atoms with van der Waals surface area (Å²) in [5.74, 6) is 1.19. The number of aromatic nitrogens is 3. The minimum absolute atomic E-state index is 0.0559. The van der Waals surface area contributed by atoms with E-state index >= 15 is 0 Å². The molecule has 0 amide bonds. The van der Waals surface area contributed by atoms with Gasteiger partial charge in [-0.1, -0.05) is 0 Å². The second kappa shape index (κ2) is 5.55. The molecular formula is C10H17N5O3S. The van der Waals surface area contributed by atoms with E-state index < -0.39 is 9.84 Å². The van der Waals surface area contributed by atoms with Crippen LogP contribution in [0.1, 0.15) is 12.8 Å². The van der Waals surface area contributed by atoms with Crippen molar-refractivity contribution in [2.75, 3.05) is 36.3 Å². The summed E-state index contributed by atoms with van der Waals surface area (Å²) >= 11 is 0. The first-order valence-electron chi connectivity index (χ1n) is 5.97. The maximum absolute atomic E-state index is 11.4. The molecule has 0 spiro atoms. The van der Waals surface area contributed by atoms with Crippen LogP contribution in [-0.4, -0.2) is 55.1 Å². The van der Waals surface area contributed by atoms with E-state index in [0.29, 0.717) is 24.7 Å². The Hall–Kier alpha value is -1.64. The van der Waals surface area contributed by atoms with Gasteiger partial charge in [0.15, 0.2) is 0 Å². The van der Waals surface area contributed by atoms with E-state index in [2.05, 4.69) is 25.6 Å². The largest absolute Gasteiger partial charge is 0.467 e. The van der Waals surface area contributed by atoms with Gasteiger partial charge in [0.25, 0.3) is 0 Å². The van der Waals surface area contributed by atoms with Crippen LogP contribution in [0.25, 0.3) is 0 Å². The van der Waals surface area contributed by atoms with Crippen LogP contribution in [-0.2, 0) is 9.84 Å². The lowest BCUT2D eigenvalue weighted by molar-refractivity contribution is 0.379. The first-order valence-corrected chi connectivity index (χ1v) is 7.79. The van der Waals surface area contributed by atoms with E-state index in [1.165, 1.54) is 7.11 Å². The van der Waals surface area contributed by atoms with Crippen LogP contribution in [0.2, 0.25) is 0 Å². The molecule has 0 aliphatic carbocycles. The summed E-state index contributed by atoms with van der Waals surface area (Å²) in [7, 11) is 0.314. The number of methoxy groups -OCH3 is 1. The first-order chi connectivity index (χ1) is 9.02. The Morgan fingerprint density at radius 1 is 1.16 bits per heavy atom. The highest BCUT2D eigenvalue weighted by atomic mass is 32.2. The number of hydrogen-bond acceptors (Lipinski definition) is 8. The normalized spacial score (nSPS) is 18.8. The quantitative estimate of drug-likeness (QED) is 0.791. The number of nitrogens with zero attached hydrogens (tertiary/aromatic N) is 3. The molecule has 0 saturated carbocycles. The molecule has 8 nitrogen and oxygen atoms in total. The van der Waals surface area contributed by atoms with Crippen LogP contribution >= 0.6 is 0 Å². The lowest BCUT2D eigenvalue weighted by Gasteiger charge is -2.23. The Morgan fingerprint density at radius 3 is 2.37 bits per heavy atom. The van der Waals surface area contributed by atoms with Gasteiger partial charge in [-0.25, -0.2) is 8.42 Å². The molecule has 9 heteroatoms. The van der Waals surface area contributed by atoms with Crippen LogP contribution in [0.4, 0.5) is 11.9 Å². The average molecular weight is 287 g/mol. The van der Waals surface area contributed by atoms with Crippen molar-refractivity contribution >= 4 is 21.7 Å². The van der Waals surface area contributed by atoms with Gasteiger partial charge in [0.1, 0.15) is 9.84 Å². The maximum Gasteiger partial charge on any atom is 0.322 e. The predicted octanol–water partition coefficient (Wildman–Crippen LogP) is -0.0890. The lowest BCUT2D eigenvalue weighted by atomic mass is 10.2. The summed E-state index contributed by atoms with van der Waals surface area (Å²) in [5.41, 5.74) is 0. The fourth-order valence-electron chi connectivity index (χ4n) is 1.84. The Morgan fingerprint density at radius 2 is 1.79 bits per heavy atom. The smallest absolute Gasteiger partial charge is 0.322 e. The van der Waals surface area contributed by atoms with Gasteiger partial charge < -0.3 is 15.4 Å². The van der Waals surface area contributed by atoms with Gasteiger partial charge in [0.2, 0.25) is 11.9 Å². The zero-order valence-electron chi connectivity index (χ0n) is 10.9. The summed E-state index contributed by atoms with van der Waals surface area (Å²) in [5, 5.41) is 5.94. The molecular weight excluding hydrogens is 270 g/mol. The molecule has 0 aromatic carbocycles. The summed E-state index contributed by atoms with van der Waals surface area (Å²) in [6.07, 6.45) is 1.12. The minimum Gasteiger partial charge on any atom is -0.467 e. The second-order valence-corrected chi connectivity index (χ2v) is 6.59. The molecule has 2 heterocycles. The third kappa shape index (κ3) is 3.66. The number of anilines is 2. The van der Waals surface area contributed by atoms with Gasteiger partial charge >= 0.3 is 6.01 Å². The highest BCUT2D eigenvalue weighted by molar-refractivity contribution is 7.91. The van der Waals surface area contributed by atoms with E-state index in [-0.39, 0.29) is 23.6 Å². The molecule has 106 valence electrons. The molecule has 2 N–H and O–H groups in total. The molecule has 1 saturated heterocycles. The minimum atomic E-state index is -2.86. The number of hydrogen-bond donors (Lipinski definition) is 2. The topological polar surface area (TPSA) is 106 Å². The van der Waals surface area contributed by atoms with E-state index in [4.69, 9.17) is 4.74 Å². The van der Waals surface area contributed by atoms with Gasteiger partial charge in [-0.3, -0.25) is 0 Å². The molecule has 2 rings (SSSR count). The molecule has 0 radical (unpaired) electrons. The Bertz CT molecular complexity index is 512. The zero-order valence-corrected chi connectivity index (χ0v) is 11.7. The van der Waals surface area contributed by atoms with Crippen molar-refractivity contribution in [2.45, 2.75) is 18.9 Å². The SMILES string of the molecule is CNc1nc(NC2CCS(=O)(=O)CC2)nc(OC)n1. The molecule has 0 atom stereocenters. The monoisotopic (exact) mass is 287 g/mol. The van der Waals surface area contributed by atoms with Crippen molar-refractivity contribution in [3.63, 3.8) is 0 Å².